The van der Waals surface area contributed by atoms with Gasteiger partial charge in [0.25, 0.3) is 5.91 Å². The van der Waals surface area contributed by atoms with E-state index in [1.54, 1.807) is 12.1 Å². The van der Waals surface area contributed by atoms with Gasteiger partial charge in [-0.05, 0) is 87.6 Å². The first-order chi connectivity index (χ1) is 16.2. The van der Waals surface area contributed by atoms with Crippen LogP contribution >= 0.6 is 0 Å². The summed E-state index contributed by atoms with van der Waals surface area (Å²) >= 11 is 0. The number of furan rings is 1. The molecular weight excluding hydrogens is 427 g/mol. The van der Waals surface area contributed by atoms with E-state index >= 15 is 0 Å². The molecular formula is C29H35FN2O2. The molecule has 0 N–H and O–H groups in total. The zero-order valence-electron chi connectivity index (χ0n) is 20.8. The average molecular weight is 463 g/mol. The van der Waals surface area contributed by atoms with Crippen molar-refractivity contribution >= 4 is 5.91 Å². The van der Waals surface area contributed by atoms with Gasteiger partial charge < -0.3 is 9.32 Å². The van der Waals surface area contributed by atoms with Gasteiger partial charge in [-0.2, -0.15) is 0 Å². The van der Waals surface area contributed by atoms with Gasteiger partial charge in [0, 0.05) is 37.2 Å². The molecule has 1 saturated heterocycles. The largest absolute Gasteiger partial charge is 0.465 e. The van der Waals surface area contributed by atoms with Crippen molar-refractivity contribution in [1.82, 2.24) is 9.80 Å². The monoisotopic (exact) mass is 462 g/mol. The van der Waals surface area contributed by atoms with Crippen LogP contribution < -0.4 is 0 Å². The van der Waals surface area contributed by atoms with E-state index in [0.29, 0.717) is 18.0 Å². The predicted molar refractivity (Wildman–Crippen MR) is 133 cm³/mol. The first-order valence-corrected chi connectivity index (χ1v) is 12.1. The molecule has 0 spiro atoms. The van der Waals surface area contributed by atoms with Gasteiger partial charge in [-0.25, -0.2) is 4.39 Å². The molecule has 0 radical (unpaired) electrons. The van der Waals surface area contributed by atoms with Crippen molar-refractivity contribution in [2.75, 3.05) is 19.6 Å². The minimum absolute atomic E-state index is 0.0412. The first-order valence-electron chi connectivity index (χ1n) is 12.1. The minimum atomic E-state index is -0.331. The third-order valence-corrected chi connectivity index (χ3v) is 7.11. The number of rotatable bonds is 7. The fourth-order valence-corrected chi connectivity index (χ4v) is 5.12. The van der Waals surface area contributed by atoms with Crippen LogP contribution in [0.3, 0.4) is 0 Å². The maximum Gasteiger partial charge on any atom is 0.254 e. The number of hydrogen-bond acceptors (Lipinski definition) is 3. The lowest BCUT2D eigenvalue weighted by molar-refractivity contribution is 0.0668. The molecule has 2 atom stereocenters. The summed E-state index contributed by atoms with van der Waals surface area (Å²) in [5, 5.41) is 0. The summed E-state index contributed by atoms with van der Waals surface area (Å²) in [7, 11) is 0. The van der Waals surface area contributed by atoms with Crippen LogP contribution in [0.15, 0.2) is 59.0 Å². The second-order valence-corrected chi connectivity index (χ2v) is 9.93. The number of likely N-dealkylation sites (tertiary alicyclic amines) is 1. The Morgan fingerprint density at radius 2 is 1.76 bits per heavy atom. The Bertz CT molecular complexity index is 1120. The lowest BCUT2D eigenvalue weighted by atomic mass is 9.86. The number of carbonyl (C=O) groups excluding carboxylic acids is 1. The molecule has 4 nitrogen and oxygen atoms in total. The molecule has 1 aromatic heterocycles. The topological polar surface area (TPSA) is 36.7 Å². The summed E-state index contributed by atoms with van der Waals surface area (Å²) in [6, 6.07) is 16.6. The predicted octanol–water partition coefficient (Wildman–Crippen LogP) is 6.11. The van der Waals surface area contributed by atoms with Gasteiger partial charge in [0.2, 0.25) is 0 Å². The van der Waals surface area contributed by atoms with E-state index in [0.717, 1.165) is 31.2 Å². The van der Waals surface area contributed by atoms with Crippen molar-refractivity contribution < 1.29 is 13.6 Å². The van der Waals surface area contributed by atoms with Crippen molar-refractivity contribution in [3.05, 3.63) is 94.2 Å². The van der Waals surface area contributed by atoms with E-state index in [4.69, 9.17) is 4.42 Å². The molecule has 0 unspecified atom stereocenters. The van der Waals surface area contributed by atoms with Gasteiger partial charge in [-0.3, -0.25) is 9.69 Å². The van der Waals surface area contributed by atoms with Crippen LogP contribution in [-0.4, -0.2) is 41.4 Å². The molecule has 4 rings (SSSR count). The van der Waals surface area contributed by atoms with E-state index in [1.165, 1.54) is 28.8 Å². The highest BCUT2D eigenvalue weighted by Gasteiger charge is 2.37. The van der Waals surface area contributed by atoms with Crippen LogP contribution in [0.25, 0.3) is 0 Å². The highest BCUT2D eigenvalue weighted by molar-refractivity contribution is 5.94. The molecule has 0 saturated carbocycles. The van der Waals surface area contributed by atoms with E-state index in [2.05, 4.69) is 49.1 Å². The van der Waals surface area contributed by atoms with Crippen molar-refractivity contribution in [1.29, 1.82) is 0 Å². The van der Waals surface area contributed by atoms with Gasteiger partial charge in [0.15, 0.2) is 0 Å². The maximum atomic E-state index is 13.4. The van der Waals surface area contributed by atoms with Gasteiger partial charge >= 0.3 is 0 Å². The molecule has 180 valence electrons. The molecule has 5 heteroatoms. The summed E-state index contributed by atoms with van der Waals surface area (Å²) in [5.41, 5.74) is 4.33. The summed E-state index contributed by atoms with van der Waals surface area (Å²) in [5.74, 6) is 2.18. The van der Waals surface area contributed by atoms with Crippen LogP contribution in [0.2, 0.25) is 0 Å². The Hall–Kier alpha value is -2.92. The van der Waals surface area contributed by atoms with Crippen LogP contribution in [0, 0.1) is 32.5 Å². The van der Waals surface area contributed by atoms with Crippen LogP contribution in [0.4, 0.5) is 4.39 Å². The molecule has 3 aromatic rings. The van der Waals surface area contributed by atoms with Gasteiger partial charge in [0.1, 0.15) is 17.3 Å². The highest BCUT2D eigenvalue weighted by Crippen LogP contribution is 2.36. The number of carbonyl (C=O) groups is 1. The molecule has 1 aliphatic heterocycles. The SMILES string of the molecule is Cc1ccccc1[C@H]1CN(Cc2cc(C)c(C)o2)C[C@@H]1CN(C(=O)c1ccc(F)cc1)C(C)C. The number of halogens is 1. The Balaban J connectivity index is 1.59. The molecule has 1 aliphatic rings. The summed E-state index contributed by atoms with van der Waals surface area (Å²) in [6.07, 6.45) is 0. The molecule has 1 fully saturated rings. The van der Waals surface area contributed by atoms with Crippen molar-refractivity contribution in [3.63, 3.8) is 0 Å². The van der Waals surface area contributed by atoms with Crippen molar-refractivity contribution in [2.45, 2.75) is 53.1 Å². The Morgan fingerprint density at radius 1 is 1.06 bits per heavy atom. The molecule has 34 heavy (non-hydrogen) atoms. The third kappa shape index (κ3) is 5.25. The van der Waals surface area contributed by atoms with Crippen LogP contribution in [-0.2, 0) is 6.54 Å². The lowest BCUT2D eigenvalue weighted by Crippen LogP contribution is -2.42. The quantitative estimate of drug-likeness (QED) is 0.425. The zero-order chi connectivity index (χ0) is 24.4. The van der Waals surface area contributed by atoms with Crippen LogP contribution in [0.5, 0.6) is 0 Å². The fourth-order valence-electron chi connectivity index (χ4n) is 5.12. The van der Waals surface area contributed by atoms with Crippen molar-refractivity contribution in [2.24, 2.45) is 5.92 Å². The van der Waals surface area contributed by atoms with Crippen molar-refractivity contribution in [3.8, 4) is 0 Å². The average Bonchev–Trinajstić information content (AvgIpc) is 3.33. The second-order valence-electron chi connectivity index (χ2n) is 9.93. The van der Waals surface area contributed by atoms with Gasteiger partial charge in [-0.1, -0.05) is 24.3 Å². The minimum Gasteiger partial charge on any atom is -0.465 e. The van der Waals surface area contributed by atoms with E-state index < -0.39 is 0 Å². The molecule has 1 amide bonds. The van der Waals surface area contributed by atoms with E-state index in [-0.39, 0.29) is 23.7 Å². The molecule has 2 heterocycles. The Morgan fingerprint density at radius 3 is 2.38 bits per heavy atom. The summed E-state index contributed by atoms with van der Waals surface area (Å²) < 4.78 is 19.4. The van der Waals surface area contributed by atoms with Gasteiger partial charge in [-0.15, -0.1) is 0 Å². The summed E-state index contributed by atoms with van der Waals surface area (Å²) in [4.78, 5) is 17.8. The molecule has 0 bridgehead atoms. The third-order valence-electron chi connectivity index (χ3n) is 7.11. The Kier molecular flexibility index (Phi) is 7.22. The second kappa shape index (κ2) is 10.1. The highest BCUT2D eigenvalue weighted by atomic mass is 19.1. The fraction of sp³-hybridized carbons (Fsp3) is 0.414. The lowest BCUT2D eigenvalue weighted by Gasteiger charge is -2.32. The number of hydrogen-bond donors (Lipinski definition) is 0. The number of amides is 1. The summed E-state index contributed by atoms with van der Waals surface area (Å²) in [6.45, 7) is 13.6. The standard InChI is InChI=1S/C29H35FN2O2/c1-19(2)32(29(33)23-10-12-25(30)13-11-23)16-24-15-31(17-26-14-21(4)22(5)34-26)18-28(24)27-9-7-6-8-20(27)3/h6-14,19,24,28H,15-18H2,1-5H3/t24-,28+/m1/s1. The van der Waals surface area contributed by atoms with E-state index in [1.807, 2.05) is 25.7 Å². The first kappa shape index (κ1) is 24.2. The Labute approximate surface area is 202 Å². The normalized spacial score (nSPS) is 18.6. The van der Waals surface area contributed by atoms with Crippen LogP contribution in [0.1, 0.15) is 58.3 Å². The number of benzene rings is 2. The number of nitrogens with zero attached hydrogens (tertiary/aromatic N) is 2. The zero-order valence-corrected chi connectivity index (χ0v) is 20.8. The molecule has 0 aliphatic carbocycles. The van der Waals surface area contributed by atoms with Gasteiger partial charge in [0.05, 0.1) is 6.54 Å². The smallest absolute Gasteiger partial charge is 0.254 e. The molecule has 2 aromatic carbocycles. The maximum absolute atomic E-state index is 13.4. The van der Waals surface area contributed by atoms with E-state index in [9.17, 15) is 9.18 Å². The number of aryl methyl sites for hydroxylation is 3.